The highest BCUT2D eigenvalue weighted by molar-refractivity contribution is 8.15. The number of rotatable bonds is 7. The first-order chi connectivity index (χ1) is 16.1. The number of para-hydroxylation sites is 1. The van der Waals surface area contributed by atoms with Crippen LogP contribution < -0.4 is 10.1 Å². The Balaban J connectivity index is 1.53. The van der Waals surface area contributed by atoms with E-state index in [1.54, 1.807) is 17.0 Å². The van der Waals surface area contributed by atoms with Crippen LogP contribution in [-0.2, 0) is 16.1 Å². The minimum absolute atomic E-state index is 0.105. The third-order valence-corrected chi connectivity index (χ3v) is 6.22. The van der Waals surface area contributed by atoms with Crippen molar-refractivity contribution in [2.24, 2.45) is 4.99 Å². The molecule has 1 unspecified atom stereocenters. The second kappa shape index (κ2) is 10.8. The molecule has 1 aliphatic rings. The average Bonchev–Trinajstić information content (AvgIpc) is 2.84. The van der Waals surface area contributed by atoms with Gasteiger partial charge < -0.3 is 10.1 Å². The van der Waals surface area contributed by atoms with E-state index in [1.165, 1.54) is 11.8 Å². The van der Waals surface area contributed by atoms with Crippen molar-refractivity contribution in [3.8, 4) is 5.75 Å². The second-order valence-corrected chi connectivity index (χ2v) is 8.62. The molecular formula is C26H25N3O3S. The number of anilines is 1. The van der Waals surface area contributed by atoms with Gasteiger partial charge in [-0.25, -0.2) is 4.99 Å². The Bertz CT molecular complexity index is 1120. The topological polar surface area (TPSA) is 71.0 Å². The van der Waals surface area contributed by atoms with Crippen LogP contribution in [0.5, 0.6) is 5.75 Å². The highest BCUT2D eigenvalue weighted by atomic mass is 32.2. The fourth-order valence-electron chi connectivity index (χ4n) is 3.40. The van der Waals surface area contributed by atoms with Gasteiger partial charge in [0.15, 0.2) is 5.17 Å². The summed E-state index contributed by atoms with van der Waals surface area (Å²) >= 11 is 1.31. The van der Waals surface area contributed by atoms with Gasteiger partial charge in [0.1, 0.15) is 11.0 Å². The SMILES string of the molecule is CCOc1ccc(NC(=O)C2CC(=O)N(Cc3ccccc3)C(=Nc3ccccc3)S2)cc1. The summed E-state index contributed by atoms with van der Waals surface area (Å²) in [6.45, 7) is 2.91. The molecule has 3 aromatic rings. The molecule has 7 heteroatoms. The smallest absolute Gasteiger partial charge is 0.238 e. The van der Waals surface area contributed by atoms with Crippen molar-refractivity contribution >= 4 is 40.1 Å². The standard InChI is InChI=1S/C26H25N3O3S/c1-2-32-22-15-13-21(14-16-22)27-25(31)23-17-24(30)29(18-19-9-5-3-6-10-19)26(33-23)28-20-11-7-4-8-12-20/h3-16,23H,2,17-18H2,1H3,(H,27,31). The van der Waals surface area contributed by atoms with Gasteiger partial charge in [-0.3, -0.25) is 14.5 Å². The monoisotopic (exact) mass is 459 g/mol. The Hall–Kier alpha value is -3.58. The van der Waals surface area contributed by atoms with Gasteiger partial charge in [0, 0.05) is 12.1 Å². The highest BCUT2D eigenvalue weighted by Gasteiger charge is 2.36. The normalized spacial score (nSPS) is 17.1. The zero-order valence-corrected chi connectivity index (χ0v) is 19.1. The van der Waals surface area contributed by atoms with Gasteiger partial charge in [-0.1, -0.05) is 60.3 Å². The van der Waals surface area contributed by atoms with Crippen LogP contribution >= 0.6 is 11.8 Å². The number of nitrogens with zero attached hydrogens (tertiary/aromatic N) is 2. The van der Waals surface area contributed by atoms with Gasteiger partial charge in [0.05, 0.1) is 18.8 Å². The van der Waals surface area contributed by atoms with Gasteiger partial charge in [0.25, 0.3) is 0 Å². The van der Waals surface area contributed by atoms with Gasteiger partial charge in [-0.15, -0.1) is 0 Å². The van der Waals surface area contributed by atoms with Gasteiger partial charge in [-0.2, -0.15) is 0 Å². The summed E-state index contributed by atoms with van der Waals surface area (Å²) in [4.78, 5) is 32.5. The third-order valence-electron chi connectivity index (χ3n) is 5.03. The number of aliphatic imine (C=N–C) groups is 1. The number of nitrogens with one attached hydrogen (secondary N) is 1. The van der Waals surface area contributed by atoms with E-state index in [2.05, 4.69) is 5.32 Å². The second-order valence-electron chi connectivity index (χ2n) is 7.45. The van der Waals surface area contributed by atoms with Crippen molar-refractivity contribution in [2.75, 3.05) is 11.9 Å². The molecule has 0 bridgehead atoms. The van der Waals surface area contributed by atoms with Gasteiger partial charge >= 0.3 is 0 Å². The van der Waals surface area contributed by atoms with Crippen LogP contribution in [0.4, 0.5) is 11.4 Å². The van der Waals surface area contributed by atoms with Gasteiger partial charge in [-0.05, 0) is 48.9 Å². The zero-order valence-electron chi connectivity index (χ0n) is 18.3. The summed E-state index contributed by atoms with van der Waals surface area (Å²) in [6, 6.07) is 26.4. The number of amidine groups is 1. The van der Waals surface area contributed by atoms with Crippen LogP contribution in [0.3, 0.4) is 0 Å². The summed E-state index contributed by atoms with van der Waals surface area (Å²) < 4.78 is 5.44. The lowest BCUT2D eigenvalue weighted by atomic mass is 10.2. The molecule has 0 aromatic heterocycles. The number of amides is 2. The molecule has 3 aromatic carbocycles. The molecule has 0 radical (unpaired) electrons. The zero-order chi connectivity index (χ0) is 23.0. The summed E-state index contributed by atoms with van der Waals surface area (Å²) in [7, 11) is 0. The Labute approximate surface area is 197 Å². The first kappa shape index (κ1) is 22.6. The minimum Gasteiger partial charge on any atom is -0.494 e. The fraction of sp³-hybridized carbons (Fsp3) is 0.192. The van der Waals surface area contributed by atoms with E-state index < -0.39 is 5.25 Å². The molecule has 1 saturated heterocycles. The number of carbonyl (C=O) groups excluding carboxylic acids is 2. The molecular weight excluding hydrogens is 434 g/mol. The van der Waals surface area contributed by atoms with E-state index in [1.807, 2.05) is 79.7 Å². The molecule has 0 saturated carbocycles. The summed E-state index contributed by atoms with van der Waals surface area (Å²) in [6.07, 6.45) is 0.105. The Morgan fingerprint density at radius 2 is 1.70 bits per heavy atom. The molecule has 1 N–H and O–H groups in total. The van der Waals surface area contributed by atoms with Crippen LogP contribution in [0.15, 0.2) is 89.9 Å². The predicted molar refractivity (Wildman–Crippen MR) is 133 cm³/mol. The van der Waals surface area contributed by atoms with E-state index in [9.17, 15) is 9.59 Å². The van der Waals surface area contributed by atoms with Crippen molar-refractivity contribution in [1.29, 1.82) is 0 Å². The van der Waals surface area contributed by atoms with Crippen molar-refractivity contribution in [1.82, 2.24) is 4.90 Å². The number of benzene rings is 3. The number of hydrogen-bond acceptors (Lipinski definition) is 5. The van der Waals surface area contributed by atoms with Crippen molar-refractivity contribution in [3.63, 3.8) is 0 Å². The first-order valence-corrected chi connectivity index (χ1v) is 11.7. The van der Waals surface area contributed by atoms with Crippen LogP contribution in [0.1, 0.15) is 18.9 Å². The maximum atomic E-state index is 13.1. The van der Waals surface area contributed by atoms with Crippen molar-refractivity contribution in [2.45, 2.75) is 25.1 Å². The molecule has 2 amide bonds. The number of thioether (sulfide) groups is 1. The summed E-state index contributed by atoms with van der Waals surface area (Å²) in [5.74, 6) is 0.392. The van der Waals surface area contributed by atoms with Gasteiger partial charge in [0.2, 0.25) is 11.8 Å². The average molecular weight is 460 g/mol. The van der Waals surface area contributed by atoms with E-state index >= 15 is 0 Å². The molecule has 1 atom stereocenters. The lowest BCUT2D eigenvalue weighted by molar-refractivity contribution is -0.129. The van der Waals surface area contributed by atoms with E-state index in [0.29, 0.717) is 24.0 Å². The lowest BCUT2D eigenvalue weighted by Crippen LogP contribution is -2.44. The molecule has 1 heterocycles. The number of hydrogen-bond donors (Lipinski definition) is 1. The van der Waals surface area contributed by atoms with E-state index in [4.69, 9.17) is 9.73 Å². The summed E-state index contributed by atoms with van der Waals surface area (Å²) in [5.41, 5.74) is 2.40. The third kappa shape index (κ3) is 6.02. The van der Waals surface area contributed by atoms with Crippen molar-refractivity contribution < 1.29 is 14.3 Å². The number of ether oxygens (including phenoxy) is 1. The van der Waals surface area contributed by atoms with Crippen LogP contribution in [-0.4, -0.2) is 33.7 Å². The maximum absolute atomic E-state index is 13.1. The molecule has 1 fully saturated rings. The quantitative estimate of drug-likeness (QED) is 0.524. The maximum Gasteiger partial charge on any atom is 0.238 e. The minimum atomic E-state index is -0.571. The Morgan fingerprint density at radius 1 is 1.03 bits per heavy atom. The largest absolute Gasteiger partial charge is 0.494 e. The molecule has 4 rings (SSSR count). The van der Waals surface area contributed by atoms with Crippen molar-refractivity contribution in [3.05, 3.63) is 90.5 Å². The Morgan fingerprint density at radius 3 is 2.36 bits per heavy atom. The van der Waals surface area contributed by atoms with Crippen LogP contribution in [0.25, 0.3) is 0 Å². The predicted octanol–water partition coefficient (Wildman–Crippen LogP) is 5.25. The van der Waals surface area contributed by atoms with E-state index in [0.717, 1.165) is 17.0 Å². The molecule has 168 valence electrons. The Kier molecular flexibility index (Phi) is 7.42. The number of carbonyl (C=O) groups is 2. The molecule has 6 nitrogen and oxygen atoms in total. The van der Waals surface area contributed by atoms with Crippen LogP contribution in [0, 0.1) is 0 Å². The molecule has 0 spiro atoms. The molecule has 33 heavy (non-hydrogen) atoms. The fourth-order valence-corrected chi connectivity index (χ4v) is 4.50. The first-order valence-electron chi connectivity index (χ1n) is 10.8. The summed E-state index contributed by atoms with van der Waals surface area (Å²) in [5, 5.41) is 2.86. The lowest BCUT2D eigenvalue weighted by Gasteiger charge is -2.32. The van der Waals surface area contributed by atoms with Crippen LogP contribution in [0.2, 0.25) is 0 Å². The van der Waals surface area contributed by atoms with E-state index in [-0.39, 0.29) is 18.2 Å². The molecule has 1 aliphatic heterocycles. The molecule has 0 aliphatic carbocycles. The highest BCUT2D eigenvalue weighted by Crippen LogP contribution is 2.31.